The molecule has 0 aliphatic heterocycles. The van der Waals surface area contributed by atoms with Crippen LogP contribution in [0.2, 0.25) is 0 Å². The van der Waals surface area contributed by atoms with Gasteiger partial charge in [0.2, 0.25) is 0 Å². The number of carbonyl (C=O) groups excluding carboxylic acids is 1. The van der Waals surface area contributed by atoms with Gasteiger partial charge in [-0.05, 0) is 48.6 Å². The van der Waals surface area contributed by atoms with Crippen LogP contribution in [0.4, 0.5) is 4.39 Å². The Kier molecular flexibility index (Phi) is 3.44. The molecule has 0 spiro atoms. The average Bonchev–Trinajstić information content (AvgIpc) is 2.36. The molecule has 0 radical (unpaired) electrons. The highest BCUT2D eigenvalue weighted by molar-refractivity contribution is 6.06. The summed E-state index contributed by atoms with van der Waals surface area (Å²) in [7, 11) is 0. The van der Waals surface area contributed by atoms with Crippen molar-refractivity contribution in [2.45, 2.75) is 33.1 Å². The van der Waals surface area contributed by atoms with E-state index >= 15 is 0 Å². The van der Waals surface area contributed by atoms with Gasteiger partial charge in [-0.3, -0.25) is 4.79 Å². The zero-order valence-electron chi connectivity index (χ0n) is 11.8. The second-order valence-electron chi connectivity index (χ2n) is 5.61. The first-order valence-electron chi connectivity index (χ1n) is 6.57. The number of hydrogen-bond acceptors (Lipinski definition) is 1. The fourth-order valence-corrected chi connectivity index (χ4v) is 2.63. The summed E-state index contributed by atoms with van der Waals surface area (Å²) >= 11 is 0. The molecule has 0 saturated heterocycles. The molecular formula is C17H19FO. The monoisotopic (exact) mass is 258 g/mol. The van der Waals surface area contributed by atoms with E-state index in [2.05, 4.69) is 13.8 Å². The molecule has 2 rings (SSSR count). The highest BCUT2D eigenvalue weighted by Gasteiger charge is 2.36. The molecule has 19 heavy (non-hydrogen) atoms. The fraction of sp³-hybridized carbons (Fsp3) is 0.353. The lowest BCUT2D eigenvalue weighted by Gasteiger charge is -2.30. The van der Waals surface area contributed by atoms with Gasteiger partial charge in [-0.15, -0.1) is 0 Å². The molecule has 0 fully saturated rings. The van der Waals surface area contributed by atoms with E-state index in [1.54, 1.807) is 12.1 Å². The van der Waals surface area contributed by atoms with E-state index in [0.29, 0.717) is 5.92 Å². The first-order chi connectivity index (χ1) is 8.86. The Bertz CT molecular complexity index is 563. The number of ketones is 1. The van der Waals surface area contributed by atoms with Crippen molar-refractivity contribution in [2.75, 3.05) is 0 Å². The minimum atomic E-state index is -0.684. The van der Waals surface area contributed by atoms with Crippen LogP contribution < -0.4 is 0 Å². The van der Waals surface area contributed by atoms with Gasteiger partial charge in [0.15, 0.2) is 5.78 Å². The molecule has 0 heterocycles. The smallest absolute Gasteiger partial charge is 0.172 e. The van der Waals surface area contributed by atoms with Crippen LogP contribution in [0.25, 0.3) is 0 Å². The van der Waals surface area contributed by atoms with Crippen LogP contribution in [0, 0.1) is 11.7 Å². The number of hydrogen-bond donors (Lipinski definition) is 0. The summed E-state index contributed by atoms with van der Waals surface area (Å²) in [5.74, 6) is 0.151. The lowest BCUT2D eigenvalue weighted by molar-refractivity contribution is -0.119. The molecule has 0 N–H and O–H groups in total. The third kappa shape index (κ3) is 2.27. The molecule has 0 saturated carbocycles. The van der Waals surface area contributed by atoms with Gasteiger partial charge < -0.3 is 0 Å². The van der Waals surface area contributed by atoms with Gasteiger partial charge in [0.05, 0.1) is 5.41 Å². The van der Waals surface area contributed by atoms with Crippen molar-refractivity contribution < 1.29 is 9.18 Å². The predicted molar refractivity (Wildman–Crippen MR) is 75.4 cm³/mol. The van der Waals surface area contributed by atoms with E-state index in [1.807, 2.05) is 26.0 Å². The molecule has 1 unspecified atom stereocenters. The van der Waals surface area contributed by atoms with Crippen molar-refractivity contribution in [3.63, 3.8) is 0 Å². The van der Waals surface area contributed by atoms with Gasteiger partial charge in [-0.1, -0.05) is 38.1 Å². The van der Waals surface area contributed by atoms with E-state index in [0.717, 1.165) is 16.7 Å². The molecule has 0 bridgehead atoms. The molecule has 0 amide bonds. The Morgan fingerprint density at radius 1 is 1.16 bits per heavy atom. The molecule has 0 aromatic heterocycles. The van der Waals surface area contributed by atoms with Crippen LogP contribution in [-0.2, 0) is 10.2 Å². The SMILES string of the molecule is CC1=C(C(C)C)C=CC(C)(c2ccc(F)cc2)C1=O. The molecule has 1 aromatic rings. The average molecular weight is 258 g/mol. The molecule has 1 aliphatic carbocycles. The number of Topliss-reactive ketones (excluding diaryl/α,β-unsaturated/α-hetero) is 1. The highest BCUT2D eigenvalue weighted by atomic mass is 19.1. The van der Waals surface area contributed by atoms with Crippen LogP contribution in [0.1, 0.15) is 33.3 Å². The zero-order valence-corrected chi connectivity index (χ0v) is 11.8. The van der Waals surface area contributed by atoms with Crippen LogP contribution in [0.5, 0.6) is 0 Å². The van der Waals surface area contributed by atoms with Crippen LogP contribution in [0.3, 0.4) is 0 Å². The maximum absolute atomic E-state index is 13.0. The van der Waals surface area contributed by atoms with Crippen molar-refractivity contribution in [3.8, 4) is 0 Å². The normalized spacial score (nSPS) is 23.4. The molecule has 100 valence electrons. The van der Waals surface area contributed by atoms with Crippen molar-refractivity contribution in [3.05, 3.63) is 58.9 Å². The third-order valence-corrected chi connectivity index (χ3v) is 3.91. The number of carbonyl (C=O) groups is 1. The lowest BCUT2D eigenvalue weighted by atomic mass is 9.71. The van der Waals surface area contributed by atoms with Crippen molar-refractivity contribution in [1.29, 1.82) is 0 Å². The minimum Gasteiger partial charge on any atom is -0.293 e. The summed E-state index contributed by atoms with van der Waals surface area (Å²) in [6.45, 7) is 7.93. The Morgan fingerprint density at radius 2 is 1.74 bits per heavy atom. The molecule has 1 aromatic carbocycles. The van der Waals surface area contributed by atoms with Gasteiger partial charge in [0.25, 0.3) is 0 Å². The van der Waals surface area contributed by atoms with Gasteiger partial charge in [0.1, 0.15) is 5.82 Å². The Morgan fingerprint density at radius 3 is 2.26 bits per heavy atom. The minimum absolute atomic E-state index is 0.102. The highest BCUT2D eigenvalue weighted by Crippen LogP contribution is 2.36. The first kappa shape index (κ1) is 13.7. The molecule has 1 nitrogen and oxygen atoms in total. The van der Waals surface area contributed by atoms with Crippen LogP contribution >= 0.6 is 0 Å². The maximum Gasteiger partial charge on any atom is 0.172 e. The third-order valence-electron chi connectivity index (χ3n) is 3.91. The largest absolute Gasteiger partial charge is 0.293 e. The maximum atomic E-state index is 13.0. The number of allylic oxidation sites excluding steroid dienone is 4. The van der Waals surface area contributed by atoms with E-state index in [1.165, 1.54) is 12.1 Å². The van der Waals surface area contributed by atoms with Gasteiger partial charge in [0, 0.05) is 0 Å². The second kappa shape index (κ2) is 4.76. The summed E-state index contributed by atoms with van der Waals surface area (Å²) in [6.07, 6.45) is 3.97. The van der Waals surface area contributed by atoms with Gasteiger partial charge in [-0.2, -0.15) is 0 Å². The van der Waals surface area contributed by atoms with E-state index in [9.17, 15) is 9.18 Å². The van der Waals surface area contributed by atoms with Crippen LogP contribution in [-0.4, -0.2) is 5.78 Å². The number of benzene rings is 1. The Hall–Kier alpha value is -1.70. The number of rotatable bonds is 2. The number of halogens is 1. The van der Waals surface area contributed by atoms with E-state index < -0.39 is 5.41 Å². The summed E-state index contributed by atoms with van der Waals surface area (Å²) in [5, 5.41) is 0. The van der Waals surface area contributed by atoms with Crippen molar-refractivity contribution in [1.82, 2.24) is 0 Å². The fourth-order valence-electron chi connectivity index (χ4n) is 2.63. The molecular weight excluding hydrogens is 239 g/mol. The molecule has 2 heteroatoms. The molecule has 1 aliphatic rings. The van der Waals surface area contributed by atoms with Crippen molar-refractivity contribution >= 4 is 5.78 Å². The van der Waals surface area contributed by atoms with Crippen molar-refractivity contribution in [2.24, 2.45) is 5.92 Å². The van der Waals surface area contributed by atoms with Gasteiger partial charge in [-0.25, -0.2) is 4.39 Å². The van der Waals surface area contributed by atoms with Gasteiger partial charge >= 0.3 is 0 Å². The Balaban J connectivity index is 2.46. The summed E-state index contributed by atoms with van der Waals surface area (Å²) in [4.78, 5) is 12.6. The molecule has 1 atom stereocenters. The first-order valence-corrected chi connectivity index (χ1v) is 6.57. The van der Waals surface area contributed by atoms with E-state index in [4.69, 9.17) is 0 Å². The second-order valence-corrected chi connectivity index (χ2v) is 5.61. The zero-order chi connectivity index (χ0) is 14.2. The summed E-state index contributed by atoms with van der Waals surface area (Å²) in [5.41, 5.74) is 2.04. The standard InChI is InChI=1S/C17H19FO/c1-11(2)15-9-10-17(4,16(19)12(15)3)13-5-7-14(18)8-6-13/h5-11H,1-4H3. The van der Waals surface area contributed by atoms with E-state index in [-0.39, 0.29) is 11.6 Å². The summed E-state index contributed by atoms with van der Waals surface area (Å²) < 4.78 is 13.0. The summed E-state index contributed by atoms with van der Waals surface area (Å²) in [6, 6.07) is 6.17. The Labute approximate surface area is 113 Å². The quantitative estimate of drug-likeness (QED) is 0.777. The van der Waals surface area contributed by atoms with Crippen LogP contribution in [0.15, 0.2) is 47.6 Å². The predicted octanol–water partition coefficient (Wildman–Crippen LogP) is 4.19. The lowest BCUT2D eigenvalue weighted by Crippen LogP contribution is -2.34. The topological polar surface area (TPSA) is 17.1 Å².